The van der Waals surface area contributed by atoms with E-state index in [4.69, 9.17) is 14.2 Å². The molecule has 1 atom stereocenters. The van der Waals surface area contributed by atoms with Gasteiger partial charge < -0.3 is 14.2 Å². The highest BCUT2D eigenvalue weighted by atomic mass is 16.6. The Labute approximate surface area is 461 Å². The molecule has 0 aliphatic heterocycles. The predicted octanol–water partition coefficient (Wildman–Crippen LogP) is 22.4. The predicted molar refractivity (Wildman–Crippen MR) is 321 cm³/mol. The van der Waals surface area contributed by atoms with Gasteiger partial charge in [-0.3, -0.25) is 14.4 Å². The van der Waals surface area contributed by atoms with Gasteiger partial charge in [-0.2, -0.15) is 0 Å². The van der Waals surface area contributed by atoms with E-state index in [0.29, 0.717) is 19.3 Å². The van der Waals surface area contributed by atoms with Crippen LogP contribution < -0.4 is 0 Å². The zero-order chi connectivity index (χ0) is 53.6. The minimum atomic E-state index is -0.774. The van der Waals surface area contributed by atoms with Gasteiger partial charge in [-0.25, -0.2) is 0 Å². The van der Waals surface area contributed by atoms with Gasteiger partial charge in [-0.1, -0.05) is 301 Å². The van der Waals surface area contributed by atoms with Crippen molar-refractivity contribution in [2.75, 3.05) is 13.2 Å². The van der Waals surface area contributed by atoms with Crippen LogP contribution in [0.5, 0.6) is 0 Å². The van der Waals surface area contributed by atoms with E-state index in [1.54, 1.807) is 0 Å². The molecule has 6 nitrogen and oxygen atoms in total. The van der Waals surface area contributed by atoms with Crippen LogP contribution in [0, 0.1) is 0 Å². The standard InChI is InChI=1S/C68H126O6/c1-4-7-10-13-16-19-22-25-28-31-34-37-40-43-46-49-52-55-58-61-67(70)73-64-65(63-72-66(69)60-57-54-51-48-45-42-39-36-33-30-27-24-21-18-15-12-9-6-3)74-68(71)62-59-56-53-50-47-44-41-38-35-32-29-26-23-20-17-14-11-8-5-2/h16,19,25,28,30,33,65H,4-15,17-18,20-24,26-27,29,31-32,34-64H2,1-3H3/b19-16-,28-25-,33-30-. The smallest absolute Gasteiger partial charge is 0.306 e. The Bertz CT molecular complexity index is 1240. The Morgan fingerprint density at radius 1 is 0.270 bits per heavy atom. The summed E-state index contributed by atoms with van der Waals surface area (Å²) in [5.74, 6) is -0.853. The zero-order valence-electron chi connectivity index (χ0n) is 49.9. The fourth-order valence-corrected chi connectivity index (χ4v) is 9.88. The van der Waals surface area contributed by atoms with Gasteiger partial charge in [-0.15, -0.1) is 0 Å². The quantitative estimate of drug-likeness (QED) is 0.0261. The summed E-state index contributed by atoms with van der Waals surface area (Å²) < 4.78 is 17.0. The minimum Gasteiger partial charge on any atom is -0.462 e. The van der Waals surface area contributed by atoms with Gasteiger partial charge in [-0.05, 0) is 77.0 Å². The van der Waals surface area contributed by atoms with Gasteiger partial charge in [0, 0.05) is 19.3 Å². The van der Waals surface area contributed by atoms with Gasteiger partial charge in [0.05, 0.1) is 0 Å². The van der Waals surface area contributed by atoms with Crippen molar-refractivity contribution in [3.05, 3.63) is 36.5 Å². The molecule has 0 fully saturated rings. The SMILES string of the molecule is CCCCC/C=C\C/C=C\CCCCCCCCCCCC(=O)OCC(COC(=O)CCCCCCCCC/C=C\CCCCCCCCC)OC(=O)CCCCCCCCCCCCCCCCCCCCC. The van der Waals surface area contributed by atoms with Crippen molar-refractivity contribution in [2.24, 2.45) is 0 Å². The van der Waals surface area contributed by atoms with Crippen molar-refractivity contribution in [1.82, 2.24) is 0 Å². The third kappa shape index (κ3) is 60.5. The number of hydrogen-bond acceptors (Lipinski definition) is 6. The fourth-order valence-electron chi connectivity index (χ4n) is 9.88. The van der Waals surface area contributed by atoms with Crippen LogP contribution in [0.3, 0.4) is 0 Å². The molecule has 0 aliphatic carbocycles. The highest BCUT2D eigenvalue weighted by Crippen LogP contribution is 2.18. The lowest BCUT2D eigenvalue weighted by Gasteiger charge is -2.18. The molecule has 0 saturated heterocycles. The molecule has 0 aliphatic rings. The van der Waals surface area contributed by atoms with E-state index in [9.17, 15) is 14.4 Å². The van der Waals surface area contributed by atoms with Crippen LogP contribution in [-0.4, -0.2) is 37.2 Å². The number of allylic oxidation sites excluding steroid dienone is 6. The van der Waals surface area contributed by atoms with Crippen LogP contribution >= 0.6 is 0 Å². The monoisotopic (exact) mass is 1040 g/mol. The highest BCUT2D eigenvalue weighted by Gasteiger charge is 2.19. The lowest BCUT2D eigenvalue weighted by atomic mass is 10.0. The summed E-state index contributed by atoms with van der Waals surface area (Å²) in [6.07, 6.45) is 77.2. The van der Waals surface area contributed by atoms with Crippen LogP contribution in [0.4, 0.5) is 0 Å². The first-order valence-electron chi connectivity index (χ1n) is 33.0. The van der Waals surface area contributed by atoms with Gasteiger partial charge in [0.2, 0.25) is 0 Å². The molecule has 0 N–H and O–H groups in total. The average molecular weight is 1040 g/mol. The second-order valence-corrected chi connectivity index (χ2v) is 22.4. The normalized spacial score (nSPS) is 12.2. The van der Waals surface area contributed by atoms with Gasteiger partial charge >= 0.3 is 17.9 Å². The molecule has 0 amide bonds. The molecule has 0 radical (unpaired) electrons. The summed E-state index contributed by atoms with van der Waals surface area (Å²) in [7, 11) is 0. The molecule has 0 aromatic rings. The molecule has 0 spiro atoms. The van der Waals surface area contributed by atoms with Crippen LogP contribution in [0.25, 0.3) is 0 Å². The van der Waals surface area contributed by atoms with E-state index in [-0.39, 0.29) is 31.1 Å². The van der Waals surface area contributed by atoms with Crippen molar-refractivity contribution in [3.8, 4) is 0 Å². The number of ether oxygens (including phenoxy) is 3. The second-order valence-electron chi connectivity index (χ2n) is 22.4. The molecule has 74 heavy (non-hydrogen) atoms. The number of esters is 3. The molecule has 0 bridgehead atoms. The summed E-state index contributed by atoms with van der Waals surface area (Å²) in [4.78, 5) is 38.4. The molecule has 434 valence electrons. The Balaban J connectivity index is 4.34. The molecule has 0 saturated carbocycles. The highest BCUT2D eigenvalue weighted by molar-refractivity contribution is 5.71. The molecule has 0 rings (SSSR count). The Morgan fingerprint density at radius 2 is 0.486 bits per heavy atom. The van der Waals surface area contributed by atoms with Gasteiger partial charge in [0.1, 0.15) is 13.2 Å². The molecular formula is C68H126O6. The molecular weight excluding hydrogens is 913 g/mol. The fraction of sp³-hybridized carbons (Fsp3) is 0.868. The molecule has 6 heteroatoms. The number of hydrogen-bond donors (Lipinski definition) is 0. The number of carbonyl (C=O) groups is 3. The van der Waals surface area contributed by atoms with Crippen LogP contribution in [0.15, 0.2) is 36.5 Å². The first-order valence-corrected chi connectivity index (χ1v) is 33.0. The van der Waals surface area contributed by atoms with E-state index in [0.717, 1.165) is 64.2 Å². The minimum absolute atomic E-state index is 0.0713. The first-order chi connectivity index (χ1) is 36.5. The number of unbranched alkanes of at least 4 members (excludes halogenated alkanes) is 44. The van der Waals surface area contributed by atoms with Gasteiger partial charge in [0.25, 0.3) is 0 Å². The topological polar surface area (TPSA) is 78.9 Å². The average Bonchev–Trinajstić information content (AvgIpc) is 3.40. The van der Waals surface area contributed by atoms with E-state index in [1.807, 2.05) is 0 Å². The number of carbonyl (C=O) groups excluding carboxylic acids is 3. The Morgan fingerprint density at radius 3 is 0.784 bits per heavy atom. The van der Waals surface area contributed by atoms with Gasteiger partial charge in [0.15, 0.2) is 6.10 Å². The molecule has 0 aromatic heterocycles. The summed E-state index contributed by atoms with van der Waals surface area (Å²) in [6, 6.07) is 0. The van der Waals surface area contributed by atoms with Crippen LogP contribution in [-0.2, 0) is 28.6 Å². The lowest BCUT2D eigenvalue weighted by Crippen LogP contribution is -2.30. The second kappa shape index (κ2) is 63.2. The molecule has 1 unspecified atom stereocenters. The lowest BCUT2D eigenvalue weighted by molar-refractivity contribution is -0.167. The van der Waals surface area contributed by atoms with Crippen molar-refractivity contribution < 1.29 is 28.6 Å². The maximum Gasteiger partial charge on any atom is 0.306 e. The van der Waals surface area contributed by atoms with E-state index >= 15 is 0 Å². The third-order valence-electron chi connectivity index (χ3n) is 14.9. The summed E-state index contributed by atoms with van der Waals surface area (Å²) in [5.41, 5.74) is 0. The summed E-state index contributed by atoms with van der Waals surface area (Å²) in [6.45, 7) is 6.67. The summed E-state index contributed by atoms with van der Waals surface area (Å²) in [5, 5.41) is 0. The zero-order valence-corrected chi connectivity index (χ0v) is 49.9. The van der Waals surface area contributed by atoms with Crippen molar-refractivity contribution in [2.45, 2.75) is 367 Å². The van der Waals surface area contributed by atoms with E-state index in [1.165, 1.54) is 257 Å². The Kier molecular flexibility index (Phi) is 61.1. The largest absolute Gasteiger partial charge is 0.462 e. The van der Waals surface area contributed by atoms with Crippen molar-refractivity contribution in [1.29, 1.82) is 0 Å². The maximum absolute atomic E-state index is 12.9. The molecule has 0 aromatic carbocycles. The van der Waals surface area contributed by atoms with E-state index < -0.39 is 6.10 Å². The maximum atomic E-state index is 12.9. The Hall–Kier alpha value is -2.37. The first kappa shape index (κ1) is 71.6. The van der Waals surface area contributed by atoms with E-state index in [2.05, 4.69) is 57.2 Å². The summed E-state index contributed by atoms with van der Waals surface area (Å²) >= 11 is 0. The van der Waals surface area contributed by atoms with Crippen LogP contribution in [0.2, 0.25) is 0 Å². The third-order valence-corrected chi connectivity index (χ3v) is 14.9. The number of rotatable bonds is 61. The molecule has 0 heterocycles. The van der Waals surface area contributed by atoms with Crippen molar-refractivity contribution >= 4 is 17.9 Å². The van der Waals surface area contributed by atoms with Crippen molar-refractivity contribution in [3.63, 3.8) is 0 Å². The van der Waals surface area contributed by atoms with Crippen LogP contribution in [0.1, 0.15) is 361 Å².